The van der Waals surface area contributed by atoms with Crippen molar-refractivity contribution in [3.05, 3.63) is 35.6 Å². The summed E-state index contributed by atoms with van der Waals surface area (Å²) in [4.78, 5) is 4.13. The second-order valence-electron chi connectivity index (χ2n) is 4.96. The van der Waals surface area contributed by atoms with Crippen LogP contribution in [-0.2, 0) is 0 Å². The predicted molar refractivity (Wildman–Crippen MR) is 92.7 cm³/mol. The van der Waals surface area contributed by atoms with Gasteiger partial charge >= 0.3 is 0 Å². The van der Waals surface area contributed by atoms with Crippen LogP contribution < -0.4 is 9.22 Å². The molecule has 0 fully saturated rings. The van der Waals surface area contributed by atoms with E-state index in [0.29, 0.717) is 0 Å². The van der Waals surface area contributed by atoms with Crippen LogP contribution in [0.2, 0.25) is 0 Å². The lowest BCUT2D eigenvalue weighted by Crippen LogP contribution is -2.38. The van der Waals surface area contributed by atoms with Crippen molar-refractivity contribution in [1.82, 2.24) is 4.48 Å². The number of rotatable bonds is 5. The molecule has 0 aliphatic carbocycles. The quantitative estimate of drug-likeness (QED) is 0.192. The Morgan fingerprint density at radius 3 is 2.58 bits per heavy atom. The number of quaternary nitrogens is 1. The lowest BCUT2D eigenvalue weighted by atomic mass is 10.1. The first-order valence-electron chi connectivity index (χ1n) is 6.20. The third kappa shape index (κ3) is 4.04. The van der Waals surface area contributed by atoms with Crippen molar-refractivity contribution in [3.8, 4) is 5.75 Å². The van der Waals surface area contributed by atoms with E-state index in [1.165, 1.54) is 5.69 Å². The number of alkyl halides is 1. The standard InChI is InChI=1S/C15H22IN2O/c1-6-7-19-15-12(2)8-14(18(4,5)11-16)9-13(15)10-17-3/h6-10H,11H2,1-5H3/q+1/b7-6+,17-10?. The van der Waals surface area contributed by atoms with E-state index in [1.807, 2.05) is 19.2 Å². The second kappa shape index (κ2) is 7.05. The summed E-state index contributed by atoms with van der Waals surface area (Å²) < 4.78 is 7.53. The zero-order chi connectivity index (χ0) is 14.5. The van der Waals surface area contributed by atoms with Gasteiger partial charge in [0.25, 0.3) is 0 Å². The molecule has 0 aliphatic heterocycles. The largest absolute Gasteiger partial charge is 0.464 e. The van der Waals surface area contributed by atoms with Crippen molar-refractivity contribution >= 4 is 34.5 Å². The lowest BCUT2D eigenvalue weighted by molar-refractivity contribution is 0.465. The van der Waals surface area contributed by atoms with Crippen molar-refractivity contribution in [2.24, 2.45) is 4.99 Å². The number of aliphatic imine (C=N–C) groups is 1. The Balaban J connectivity index is 3.36. The molecule has 0 radical (unpaired) electrons. The molecule has 0 spiro atoms. The van der Waals surface area contributed by atoms with Crippen LogP contribution in [0.4, 0.5) is 5.69 Å². The number of nitrogens with zero attached hydrogens (tertiary/aromatic N) is 2. The summed E-state index contributed by atoms with van der Waals surface area (Å²) in [5, 5.41) is 0. The average Bonchev–Trinajstić information content (AvgIpc) is 2.38. The van der Waals surface area contributed by atoms with Crippen LogP contribution in [-0.4, -0.2) is 31.9 Å². The molecule has 0 atom stereocenters. The van der Waals surface area contributed by atoms with Crippen LogP contribution in [0.3, 0.4) is 0 Å². The van der Waals surface area contributed by atoms with E-state index in [-0.39, 0.29) is 0 Å². The number of ether oxygens (including phenoxy) is 1. The molecule has 0 heterocycles. The van der Waals surface area contributed by atoms with Crippen molar-refractivity contribution in [2.75, 3.05) is 25.7 Å². The van der Waals surface area contributed by atoms with Crippen molar-refractivity contribution in [1.29, 1.82) is 0 Å². The molecule has 0 bridgehead atoms. The minimum absolute atomic E-state index is 0.829. The summed E-state index contributed by atoms with van der Waals surface area (Å²) in [6.07, 6.45) is 5.43. The van der Waals surface area contributed by atoms with E-state index >= 15 is 0 Å². The Bertz CT molecular complexity index is 493. The maximum atomic E-state index is 5.69. The number of halogens is 1. The fraction of sp³-hybridized carbons (Fsp3) is 0.400. The van der Waals surface area contributed by atoms with Gasteiger partial charge in [0.2, 0.25) is 0 Å². The van der Waals surface area contributed by atoms with Gasteiger partial charge < -0.3 is 4.74 Å². The monoisotopic (exact) mass is 373 g/mol. The van der Waals surface area contributed by atoms with Crippen LogP contribution in [0, 0.1) is 6.92 Å². The number of aryl methyl sites for hydroxylation is 1. The van der Waals surface area contributed by atoms with E-state index in [0.717, 1.165) is 25.9 Å². The summed E-state index contributed by atoms with van der Waals surface area (Å²) >= 11 is 2.41. The molecule has 1 rings (SSSR count). The third-order valence-electron chi connectivity index (χ3n) is 2.88. The van der Waals surface area contributed by atoms with Gasteiger partial charge in [-0.3, -0.25) is 9.48 Å². The summed E-state index contributed by atoms with van der Waals surface area (Å²) in [7, 11) is 6.17. The van der Waals surface area contributed by atoms with Gasteiger partial charge in [0.15, 0.2) is 0 Å². The highest BCUT2D eigenvalue weighted by Crippen LogP contribution is 2.31. The Labute approximate surface area is 129 Å². The van der Waals surface area contributed by atoms with Gasteiger partial charge in [-0.1, -0.05) is 6.08 Å². The Hall–Kier alpha value is -0.880. The molecule has 19 heavy (non-hydrogen) atoms. The Morgan fingerprint density at radius 1 is 1.37 bits per heavy atom. The van der Waals surface area contributed by atoms with E-state index in [2.05, 4.69) is 60.7 Å². The fourth-order valence-electron chi connectivity index (χ4n) is 1.73. The maximum Gasteiger partial charge on any atom is 0.138 e. The molecule has 104 valence electrons. The summed E-state index contributed by atoms with van der Waals surface area (Å²) in [6, 6.07) is 4.34. The van der Waals surface area contributed by atoms with E-state index in [9.17, 15) is 0 Å². The van der Waals surface area contributed by atoms with Gasteiger partial charge in [-0.05, 0) is 42.0 Å². The molecule has 0 amide bonds. The molecule has 0 unspecified atom stereocenters. The first-order valence-corrected chi connectivity index (χ1v) is 7.73. The van der Waals surface area contributed by atoms with Crippen molar-refractivity contribution < 1.29 is 4.74 Å². The maximum absolute atomic E-state index is 5.69. The van der Waals surface area contributed by atoms with E-state index < -0.39 is 0 Å². The number of hydrogen-bond donors (Lipinski definition) is 0. The topological polar surface area (TPSA) is 21.6 Å². The first kappa shape index (κ1) is 16.2. The van der Waals surface area contributed by atoms with Gasteiger partial charge in [0, 0.05) is 31.0 Å². The van der Waals surface area contributed by atoms with Crippen LogP contribution in [0.1, 0.15) is 18.1 Å². The zero-order valence-electron chi connectivity index (χ0n) is 12.3. The van der Waals surface area contributed by atoms with Crippen LogP contribution in [0.25, 0.3) is 0 Å². The second-order valence-corrected chi connectivity index (χ2v) is 5.64. The molecule has 0 saturated heterocycles. The summed E-state index contributed by atoms with van der Waals surface area (Å²) in [6.45, 7) is 4.01. The van der Waals surface area contributed by atoms with Gasteiger partial charge in [0.1, 0.15) is 16.0 Å². The molecule has 0 aliphatic rings. The van der Waals surface area contributed by atoms with Crippen molar-refractivity contribution in [2.45, 2.75) is 13.8 Å². The van der Waals surface area contributed by atoms with Gasteiger partial charge in [-0.25, -0.2) is 0 Å². The molecule has 3 nitrogen and oxygen atoms in total. The minimum atomic E-state index is 0.829. The zero-order valence-corrected chi connectivity index (χ0v) is 14.4. The van der Waals surface area contributed by atoms with Crippen LogP contribution in [0.5, 0.6) is 5.75 Å². The molecular formula is C15H22IN2O+. The fourth-order valence-corrected chi connectivity index (χ4v) is 2.13. The van der Waals surface area contributed by atoms with E-state index in [1.54, 1.807) is 13.3 Å². The van der Waals surface area contributed by atoms with Gasteiger partial charge in [-0.15, -0.1) is 0 Å². The third-order valence-corrected chi connectivity index (χ3v) is 4.58. The van der Waals surface area contributed by atoms with Crippen LogP contribution >= 0.6 is 22.6 Å². The highest BCUT2D eigenvalue weighted by molar-refractivity contribution is 14.1. The minimum Gasteiger partial charge on any atom is -0.464 e. The molecular weight excluding hydrogens is 351 g/mol. The summed E-state index contributed by atoms with van der Waals surface area (Å²) in [5.74, 6) is 0.876. The average molecular weight is 373 g/mol. The molecule has 0 saturated carbocycles. The molecule has 0 N–H and O–H groups in total. The van der Waals surface area contributed by atoms with E-state index in [4.69, 9.17) is 4.74 Å². The number of allylic oxidation sites excluding steroid dienone is 1. The van der Waals surface area contributed by atoms with Gasteiger partial charge in [0.05, 0.1) is 20.4 Å². The first-order chi connectivity index (χ1) is 8.96. The highest BCUT2D eigenvalue weighted by Gasteiger charge is 2.20. The lowest BCUT2D eigenvalue weighted by Gasteiger charge is -2.27. The molecule has 0 aromatic heterocycles. The predicted octanol–water partition coefficient (Wildman–Crippen LogP) is 3.92. The number of benzene rings is 1. The molecule has 4 heteroatoms. The Morgan fingerprint density at radius 2 is 2.05 bits per heavy atom. The van der Waals surface area contributed by atoms with Crippen LogP contribution in [0.15, 0.2) is 29.5 Å². The van der Waals surface area contributed by atoms with Gasteiger partial charge in [-0.2, -0.15) is 0 Å². The number of hydrogen-bond acceptors (Lipinski definition) is 2. The molecule has 1 aromatic carbocycles. The summed E-state index contributed by atoms with van der Waals surface area (Å²) in [5.41, 5.74) is 3.41. The Kier molecular flexibility index (Phi) is 6.00. The smallest absolute Gasteiger partial charge is 0.138 e. The SMILES string of the molecule is C/C=C/Oc1c(C)cc([N+](C)(C)CI)cc1C=NC. The molecule has 1 aromatic rings. The van der Waals surface area contributed by atoms with Crippen molar-refractivity contribution in [3.63, 3.8) is 0 Å². The normalized spacial score (nSPS) is 12.5. The highest BCUT2D eigenvalue weighted by atomic mass is 127.